The van der Waals surface area contributed by atoms with E-state index in [1.807, 2.05) is 0 Å². The second kappa shape index (κ2) is 28.9. The van der Waals surface area contributed by atoms with E-state index < -0.39 is 34.9 Å². The number of rotatable bonds is 32. The van der Waals surface area contributed by atoms with Gasteiger partial charge in [0.15, 0.2) is 0 Å². The molecular weight excluding hydrogens is 802 g/mol. The molecule has 280 valence electrons. The van der Waals surface area contributed by atoms with Crippen molar-refractivity contribution in [3.05, 3.63) is 24.3 Å². The molecule has 1 rings (SSSR count). The maximum absolute atomic E-state index is 13.9. The van der Waals surface area contributed by atoms with E-state index in [0.29, 0.717) is 19.3 Å². The van der Waals surface area contributed by atoms with E-state index in [1.165, 1.54) is 141 Å². The first-order valence-electron chi connectivity index (χ1n) is 21.2. The third-order valence-corrected chi connectivity index (χ3v) is 96.6. The molecule has 48 heavy (non-hydrogen) atoms. The Kier molecular flexibility index (Phi) is 27.9. The van der Waals surface area contributed by atoms with Crippen LogP contribution in [-0.2, 0) is 12.7 Å². The van der Waals surface area contributed by atoms with Crippen LogP contribution in [0.15, 0.2) is 24.3 Å². The van der Waals surface area contributed by atoms with Gasteiger partial charge in [-0.2, -0.15) is 0 Å². The topological polar surface area (TPSA) is 43.4 Å². The molecule has 0 N–H and O–H groups in total. The summed E-state index contributed by atoms with van der Waals surface area (Å²) in [4.78, 5) is 37.5. The van der Waals surface area contributed by atoms with E-state index in [4.69, 9.17) is 3.07 Å². The van der Waals surface area contributed by atoms with Crippen LogP contribution in [-0.4, -0.2) is 46.4 Å². The molecule has 0 aliphatic carbocycles. The number of unbranched alkanes of at least 4 members (excludes halogenated alkanes) is 22. The van der Waals surface area contributed by atoms with Gasteiger partial charge in [-0.3, -0.25) is 0 Å². The summed E-state index contributed by atoms with van der Waals surface area (Å²) in [6.07, 6.45) is 43.8. The van der Waals surface area contributed by atoms with Crippen LogP contribution >= 0.6 is 0 Å². The molecular formula is C43H82O3Sn2. The van der Waals surface area contributed by atoms with Crippen molar-refractivity contribution in [2.24, 2.45) is 0 Å². The first kappa shape index (κ1) is 46.4. The summed E-state index contributed by atoms with van der Waals surface area (Å²) in [5, 5.41) is 0. The molecule has 0 aromatic rings. The predicted molar refractivity (Wildman–Crippen MR) is 217 cm³/mol. The van der Waals surface area contributed by atoms with Crippen LogP contribution < -0.4 is 0 Å². The summed E-state index contributed by atoms with van der Waals surface area (Å²) >= 11 is -5.18. The first-order chi connectivity index (χ1) is 23.1. The summed E-state index contributed by atoms with van der Waals surface area (Å²) < 4.78 is 8.09. The van der Waals surface area contributed by atoms with Crippen molar-refractivity contribution in [2.75, 3.05) is 0 Å². The van der Waals surface area contributed by atoms with Crippen LogP contribution in [0, 0.1) is 0 Å². The molecule has 0 aromatic heterocycles. The fourth-order valence-electron chi connectivity index (χ4n) is 7.08. The van der Waals surface area contributed by atoms with Crippen molar-refractivity contribution in [3.8, 4) is 0 Å². The molecule has 0 atom stereocenters. The summed E-state index contributed by atoms with van der Waals surface area (Å²) in [6.45, 7) is 4.55. The zero-order chi connectivity index (χ0) is 35.4. The molecule has 5 heteroatoms. The van der Waals surface area contributed by atoms with Gasteiger partial charge in [0, 0.05) is 0 Å². The third kappa shape index (κ3) is 20.4. The van der Waals surface area contributed by atoms with E-state index in [1.54, 1.807) is 0 Å². The van der Waals surface area contributed by atoms with Crippen LogP contribution in [0.1, 0.15) is 200 Å². The average Bonchev–Trinajstić information content (AvgIpc) is 3.05. The van der Waals surface area contributed by atoms with Crippen LogP contribution in [0.5, 0.6) is 0 Å². The third-order valence-electron chi connectivity index (χ3n) is 11.4. The summed E-state index contributed by atoms with van der Waals surface area (Å²) in [7, 11) is 0. The first-order valence-corrected chi connectivity index (χ1v) is 46.8. The fourth-order valence-corrected chi connectivity index (χ4v) is 38.3. The van der Waals surface area contributed by atoms with Gasteiger partial charge >= 0.3 is 204 Å². The van der Waals surface area contributed by atoms with E-state index in [0.717, 1.165) is 30.1 Å². The van der Waals surface area contributed by atoms with Crippen LogP contribution in [0.25, 0.3) is 0 Å². The van der Waals surface area contributed by atoms with Crippen molar-refractivity contribution in [2.45, 2.75) is 230 Å². The number of hydrogen-bond donors (Lipinski definition) is 0. The van der Waals surface area contributed by atoms with Crippen LogP contribution in [0.3, 0.4) is 0 Å². The zero-order valence-corrected chi connectivity index (χ0v) is 39.0. The Hall–Kier alpha value is 0.377. The standard InChI is InChI=1S/C39H70O3.4CH3.2Sn/c1-4-7-9-11-13-15-17-19-21-23-25-27-29-31-33-35-37(40)39(42,6-3)38(41)36-34-32-30-28-26-24-22-20-18-16-14-12-10-8-5-2;;;;;;/h19-22H,3-18,23-36H2,1-2H3;4*1H3;;/q-1;;;;;;+1. The van der Waals surface area contributed by atoms with Crippen molar-refractivity contribution in [1.29, 1.82) is 0 Å². The molecule has 1 fully saturated rings. The average molecular weight is 885 g/mol. The molecule has 0 radical (unpaired) electrons. The summed E-state index contributed by atoms with van der Waals surface area (Å²) in [5.41, 5.74) is -1.09. The number of carbonyl (C=O) groups is 2. The van der Waals surface area contributed by atoms with E-state index >= 15 is 0 Å². The minimum atomic E-state index is -2.87. The minimum absolute atomic E-state index is 0.129. The van der Waals surface area contributed by atoms with Gasteiger partial charge in [0.05, 0.1) is 0 Å². The van der Waals surface area contributed by atoms with E-state index in [9.17, 15) is 9.59 Å². The van der Waals surface area contributed by atoms with Gasteiger partial charge in [0.2, 0.25) is 0 Å². The molecule has 0 aromatic carbocycles. The molecule has 0 saturated carbocycles. The number of allylic oxidation sites excluding steroid dienone is 4. The van der Waals surface area contributed by atoms with Gasteiger partial charge in [-0.1, -0.05) is 78.1 Å². The number of ketones is 2. The van der Waals surface area contributed by atoms with Gasteiger partial charge in [-0.05, 0) is 25.7 Å². The van der Waals surface area contributed by atoms with Gasteiger partial charge < -0.3 is 0 Å². The molecule has 0 bridgehead atoms. The van der Waals surface area contributed by atoms with Crippen molar-refractivity contribution in [1.82, 2.24) is 0 Å². The quantitative estimate of drug-likeness (QED) is 0.0293. The van der Waals surface area contributed by atoms with Crippen molar-refractivity contribution >= 4 is 40.8 Å². The predicted octanol–water partition coefficient (Wildman–Crippen LogP) is 14.4. The number of hydrogen-bond acceptors (Lipinski definition) is 3. The second-order valence-corrected chi connectivity index (χ2v) is 86.7. The van der Waals surface area contributed by atoms with Gasteiger partial charge in [0.1, 0.15) is 0 Å². The van der Waals surface area contributed by atoms with E-state index in [2.05, 4.69) is 57.9 Å². The molecule has 1 aliphatic rings. The van der Waals surface area contributed by atoms with Crippen molar-refractivity contribution in [3.63, 3.8) is 0 Å². The summed E-state index contributed by atoms with van der Waals surface area (Å²) in [6, 6.07) is 0. The molecule has 0 unspecified atom stereocenters. The van der Waals surface area contributed by atoms with Crippen molar-refractivity contribution < 1.29 is 12.7 Å². The van der Waals surface area contributed by atoms with Crippen LogP contribution in [0.2, 0.25) is 24.2 Å². The Morgan fingerprint density at radius 2 is 0.812 bits per heavy atom. The molecule has 0 spiro atoms. The number of carbonyl (C=O) groups excluding carboxylic acids is 2. The Balaban J connectivity index is 2.34. The SMILES string of the molecule is CCCCCCCCC=CCCCCCCCC(=O)C1(C(=O)CCCCCCCC=CCCCCCCCC)C[CH2][Sn]([CH3])([CH3])[Sn]([CH3])([CH3])[O]1. The Morgan fingerprint density at radius 1 is 0.500 bits per heavy atom. The maximum atomic E-state index is 13.9. The number of Topliss-reactive ketones (excluding diaryl/α,β-unsaturated/α-hetero) is 2. The summed E-state index contributed by atoms with van der Waals surface area (Å²) in [5.74, 6) is 0.258. The monoisotopic (exact) mass is 886 g/mol. The van der Waals surface area contributed by atoms with Gasteiger partial charge in [-0.15, -0.1) is 0 Å². The zero-order valence-electron chi connectivity index (χ0n) is 33.2. The second-order valence-electron chi connectivity index (χ2n) is 16.3. The Morgan fingerprint density at radius 3 is 1.15 bits per heavy atom. The molecule has 0 amide bonds. The molecule has 1 aliphatic heterocycles. The molecule has 3 nitrogen and oxygen atoms in total. The Labute approximate surface area is 305 Å². The van der Waals surface area contributed by atoms with Crippen LogP contribution in [0.4, 0.5) is 0 Å². The molecule has 1 saturated heterocycles. The molecule has 1 heterocycles. The van der Waals surface area contributed by atoms with Gasteiger partial charge in [0.25, 0.3) is 0 Å². The fraction of sp³-hybridized carbons (Fsp3) is 0.860. The van der Waals surface area contributed by atoms with Gasteiger partial charge in [-0.25, -0.2) is 0 Å². The normalized spacial score (nSPS) is 19.0. The van der Waals surface area contributed by atoms with E-state index in [-0.39, 0.29) is 11.6 Å². The Bertz CT molecular complexity index is 823.